The van der Waals surface area contributed by atoms with Crippen molar-refractivity contribution in [2.75, 3.05) is 6.61 Å². The lowest BCUT2D eigenvalue weighted by atomic mass is 10.1. The van der Waals surface area contributed by atoms with Gasteiger partial charge in [-0.1, -0.05) is 42.5 Å². The van der Waals surface area contributed by atoms with Gasteiger partial charge in [0.1, 0.15) is 12.4 Å². The van der Waals surface area contributed by atoms with Crippen LogP contribution in [0.1, 0.15) is 19.3 Å². The Kier molecular flexibility index (Phi) is 5.18. The quantitative estimate of drug-likeness (QED) is 0.610. The van der Waals surface area contributed by atoms with Gasteiger partial charge in [-0.2, -0.15) is 0 Å². The highest BCUT2D eigenvalue weighted by Gasteiger charge is 1.96. The summed E-state index contributed by atoms with van der Waals surface area (Å²) in [4.78, 5) is 10.3. The summed E-state index contributed by atoms with van der Waals surface area (Å²) in [5.74, 6) is 0.102. The maximum Gasteiger partial charge on any atom is 0.303 e. The minimum absolute atomic E-state index is 0.218. The molecule has 20 heavy (non-hydrogen) atoms. The van der Waals surface area contributed by atoms with Crippen LogP contribution in [0.5, 0.6) is 5.75 Å². The van der Waals surface area contributed by atoms with Crippen LogP contribution in [0.3, 0.4) is 0 Å². The molecule has 1 N–H and O–H groups in total. The number of rotatable bonds is 7. The fraction of sp³-hybridized carbons (Fsp3) is 0.235. The van der Waals surface area contributed by atoms with E-state index in [9.17, 15) is 4.79 Å². The molecule has 3 heteroatoms. The summed E-state index contributed by atoms with van der Waals surface area (Å²) in [6.07, 6.45) is 5.55. The molecule has 104 valence electrons. The molecule has 3 nitrogen and oxygen atoms in total. The molecule has 0 heterocycles. The van der Waals surface area contributed by atoms with E-state index in [0.717, 1.165) is 17.6 Å². The van der Waals surface area contributed by atoms with E-state index in [0.29, 0.717) is 13.0 Å². The van der Waals surface area contributed by atoms with Crippen molar-refractivity contribution in [3.63, 3.8) is 0 Å². The lowest BCUT2D eigenvalue weighted by Gasteiger charge is -2.04. The molecule has 0 bridgehead atoms. The first kappa shape index (κ1) is 14.1. The molecule has 0 saturated carbocycles. The predicted molar refractivity (Wildman–Crippen MR) is 80.1 cm³/mol. The zero-order valence-corrected chi connectivity index (χ0v) is 11.3. The molecular formula is C17H18O3. The molecule has 0 amide bonds. The molecule has 0 saturated heterocycles. The van der Waals surface area contributed by atoms with Crippen molar-refractivity contribution in [1.29, 1.82) is 0 Å². The average Bonchev–Trinajstić information content (AvgIpc) is 2.46. The van der Waals surface area contributed by atoms with Crippen molar-refractivity contribution in [2.24, 2.45) is 0 Å². The summed E-state index contributed by atoms with van der Waals surface area (Å²) in [7, 11) is 0. The molecule has 0 aliphatic carbocycles. The number of benzene rings is 2. The van der Waals surface area contributed by atoms with Gasteiger partial charge in [0, 0.05) is 6.42 Å². The Labute approximate surface area is 118 Å². The summed E-state index contributed by atoms with van der Waals surface area (Å²) in [5, 5.41) is 10.9. The van der Waals surface area contributed by atoms with E-state index in [2.05, 4.69) is 12.1 Å². The second-order valence-corrected chi connectivity index (χ2v) is 4.58. The summed E-state index contributed by atoms with van der Waals surface area (Å²) in [6, 6.07) is 14.2. The van der Waals surface area contributed by atoms with Crippen molar-refractivity contribution < 1.29 is 14.6 Å². The highest BCUT2D eigenvalue weighted by molar-refractivity contribution is 5.83. The molecule has 0 fully saturated rings. The van der Waals surface area contributed by atoms with E-state index in [-0.39, 0.29) is 6.42 Å². The van der Waals surface area contributed by atoms with Crippen LogP contribution in [0, 0.1) is 0 Å². The van der Waals surface area contributed by atoms with E-state index in [1.807, 2.05) is 42.5 Å². The van der Waals surface area contributed by atoms with Gasteiger partial charge in [-0.3, -0.25) is 4.79 Å². The Morgan fingerprint density at radius 1 is 1.10 bits per heavy atom. The van der Waals surface area contributed by atoms with Crippen molar-refractivity contribution >= 4 is 16.7 Å². The summed E-state index contributed by atoms with van der Waals surface area (Å²) in [6.45, 7) is 0.505. The molecule has 0 spiro atoms. The SMILES string of the molecule is O=C(O)CCC/C=C/COc1ccc2ccccc2c1. The van der Waals surface area contributed by atoms with E-state index < -0.39 is 5.97 Å². The van der Waals surface area contributed by atoms with Gasteiger partial charge in [0.25, 0.3) is 0 Å². The number of hydrogen-bond acceptors (Lipinski definition) is 2. The lowest BCUT2D eigenvalue weighted by Crippen LogP contribution is -1.94. The molecule has 2 aromatic carbocycles. The topological polar surface area (TPSA) is 46.5 Å². The average molecular weight is 270 g/mol. The number of carboxylic acids is 1. The molecule has 0 atom stereocenters. The van der Waals surface area contributed by atoms with Crippen LogP contribution in [0.25, 0.3) is 10.8 Å². The van der Waals surface area contributed by atoms with Crippen molar-refractivity contribution in [3.05, 3.63) is 54.6 Å². The first-order valence-corrected chi connectivity index (χ1v) is 6.74. The number of allylic oxidation sites excluding steroid dienone is 1. The Balaban J connectivity index is 1.78. The molecule has 0 unspecified atom stereocenters. The standard InChI is InChI=1S/C17H18O3/c18-17(19)9-3-1-2-6-12-20-16-11-10-14-7-4-5-8-15(14)13-16/h2,4-8,10-11,13H,1,3,9,12H2,(H,18,19)/b6-2+. The van der Waals surface area contributed by atoms with Crippen molar-refractivity contribution in [2.45, 2.75) is 19.3 Å². The number of fused-ring (bicyclic) bond motifs is 1. The molecule has 0 aromatic heterocycles. The van der Waals surface area contributed by atoms with E-state index in [4.69, 9.17) is 9.84 Å². The third-order valence-corrected chi connectivity index (χ3v) is 3.00. The van der Waals surface area contributed by atoms with Gasteiger partial charge < -0.3 is 9.84 Å². The second-order valence-electron chi connectivity index (χ2n) is 4.58. The number of ether oxygens (including phenoxy) is 1. The van der Waals surface area contributed by atoms with Crippen LogP contribution < -0.4 is 4.74 Å². The molecule has 0 aliphatic rings. The normalized spacial score (nSPS) is 11.0. The van der Waals surface area contributed by atoms with Crippen LogP contribution in [0.15, 0.2) is 54.6 Å². The van der Waals surface area contributed by atoms with Crippen molar-refractivity contribution in [1.82, 2.24) is 0 Å². The largest absolute Gasteiger partial charge is 0.490 e. The Morgan fingerprint density at radius 2 is 1.90 bits per heavy atom. The third kappa shape index (κ3) is 4.43. The Hall–Kier alpha value is -2.29. The smallest absolute Gasteiger partial charge is 0.303 e. The number of aliphatic carboxylic acids is 1. The zero-order chi connectivity index (χ0) is 14.2. The fourth-order valence-electron chi connectivity index (χ4n) is 1.96. The van der Waals surface area contributed by atoms with Gasteiger partial charge in [0.05, 0.1) is 0 Å². The molecule has 2 rings (SSSR count). The van der Waals surface area contributed by atoms with Gasteiger partial charge in [0.2, 0.25) is 0 Å². The maximum absolute atomic E-state index is 10.3. The van der Waals surface area contributed by atoms with E-state index >= 15 is 0 Å². The second kappa shape index (κ2) is 7.34. The highest BCUT2D eigenvalue weighted by Crippen LogP contribution is 2.20. The monoisotopic (exact) mass is 270 g/mol. The molecular weight excluding hydrogens is 252 g/mol. The Morgan fingerprint density at radius 3 is 2.70 bits per heavy atom. The van der Waals surface area contributed by atoms with Crippen LogP contribution in [0.2, 0.25) is 0 Å². The molecule has 0 aliphatic heterocycles. The van der Waals surface area contributed by atoms with Crippen LogP contribution in [0.4, 0.5) is 0 Å². The molecule has 2 aromatic rings. The van der Waals surface area contributed by atoms with Gasteiger partial charge in [-0.25, -0.2) is 0 Å². The van der Waals surface area contributed by atoms with Gasteiger partial charge >= 0.3 is 5.97 Å². The van der Waals surface area contributed by atoms with E-state index in [1.165, 1.54) is 5.39 Å². The number of carboxylic acid groups (broad SMARTS) is 1. The summed E-state index contributed by atoms with van der Waals surface area (Å²) >= 11 is 0. The lowest BCUT2D eigenvalue weighted by molar-refractivity contribution is -0.137. The van der Waals surface area contributed by atoms with E-state index in [1.54, 1.807) is 0 Å². The van der Waals surface area contributed by atoms with Crippen LogP contribution >= 0.6 is 0 Å². The first-order valence-electron chi connectivity index (χ1n) is 6.74. The van der Waals surface area contributed by atoms with Gasteiger partial charge in [0.15, 0.2) is 0 Å². The molecule has 0 radical (unpaired) electrons. The summed E-state index contributed by atoms with van der Waals surface area (Å²) in [5.41, 5.74) is 0. The third-order valence-electron chi connectivity index (χ3n) is 3.00. The Bertz CT molecular complexity index is 602. The van der Waals surface area contributed by atoms with Gasteiger partial charge in [-0.05, 0) is 35.7 Å². The summed E-state index contributed by atoms with van der Waals surface area (Å²) < 4.78 is 5.64. The number of unbranched alkanes of at least 4 members (excludes halogenated alkanes) is 1. The first-order chi connectivity index (χ1) is 9.75. The predicted octanol–water partition coefficient (Wildman–Crippen LogP) is 4.03. The van der Waals surface area contributed by atoms with Gasteiger partial charge in [-0.15, -0.1) is 0 Å². The number of hydrogen-bond donors (Lipinski definition) is 1. The fourth-order valence-corrected chi connectivity index (χ4v) is 1.96. The van der Waals surface area contributed by atoms with Crippen LogP contribution in [-0.2, 0) is 4.79 Å². The minimum atomic E-state index is -0.745. The number of carbonyl (C=O) groups is 1. The van der Waals surface area contributed by atoms with Crippen molar-refractivity contribution in [3.8, 4) is 5.75 Å². The minimum Gasteiger partial charge on any atom is -0.490 e. The zero-order valence-electron chi connectivity index (χ0n) is 11.3. The maximum atomic E-state index is 10.3. The highest BCUT2D eigenvalue weighted by atomic mass is 16.5. The van der Waals surface area contributed by atoms with Crippen LogP contribution in [-0.4, -0.2) is 17.7 Å².